The highest BCUT2D eigenvalue weighted by molar-refractivity contribution is 5.95. The number of halogens is 1. The van der Waals surface area contributed by atoms with Crippen LogP contribution in [0, 0.1) is 5.82 Å². The molecule has 5 rings (SSSR count). The molecule has 0 radical (unpaired) electrons. The molecule has 6 nitrogen and oxygen atoms in total. The van der Waals surface area contributed by atoms with Crippen LogP contribution in [-0.2, 0) is 18.0 Å². The molecule has 1 amide bonds. The Kier molecular flexibility index (Phi) is 7.23. The summed E-state index contributed by atoms with van der Waals surface area (Å²) in [4.78, 5) is 19.8. The van der Waals surface area contributed by atoms with Crippen molar-refractivity contribution >= 4 is 16.8 Å². The molecule has 1 heterocycles. The lowest BCUT2D eigenvalue weighted by Gasteiger charge is -2.23. The molecule has 1 aromatic heterocycles. The van der Waals surface area contributed by atoms with Crippen LogP contribution in [0.3, 0.4) is 0 Å². The minimum atomic E-state index is -0.339. The van der Waals surface area contributed by atoms with Gasteiger partial charge in [-0.3, -0.25) is 14.7 Å². The molecule has 1 N–H and O–H groups in total. The van der Waals surface area contributed by atoms with Gasteiger partial charge in [0, 0.05) is 16.5 Å². The summed E-state index contributed by atoms with van der Waals surface area (Å²) < 4.78 is 19.7. The van der Waals surface area contributed by atoms with Gasteiger partial charge in [-0.15, -0.1) is 0 Å². The Morgan fingerprint density at radius 3 is 2.62 bits per heavy atom. The van der Waals surface area contributed by atoms with Crippen molar-refractivity contribution in [3.63, 3.8) is 0 Å². The fourth-order valence-corrected chi connectivity index (χ4v) is 4.19. The van der Waals surface area contributed by atoms with Crippen LogP contribution in [0.25, 0.3) is 22.0 Å². The van der Waals surface area contributed by atoms with Gasteiger partial charge < -0.3 is 4.74 Å². The Balaban J connectivity index is 1.48. The highest BCUT2D eigenvalue weighted by Crippen LogP contribution is 2.32. The van der Waals surface area contributed by atoms with Crippen molar-refractivity contribution < 1.29 is 18.8 Å². The summed E-state index contributed by atoms with van der Waals surface area (Å²) in [5.41, 5.74) is 4.44. The van der Waals surface area contributed by atoms with Gasteiger partial charge in [0.25, 0.3) is 5.91 Å². The van der Waals surface area contributed by atoms with Crippen molar-refractivity contribution in [2.45, 2.75) is 20.1 Å². The van der Waals surface area contributed by atoms with Crippen LogP contribution in [0.2, 0.25) is 0 Å². The van der Waals surface area contributed by atoms with Crippen LogP contribution in [0.1, 0.15) is 28.4 Å². The SMILES string of the molecule is CCOc1cc(C(=O)N(Cc2cccc3cn[nH]c23)OCc2ccccc2)ccc1-c1cccc(F)c1. The van der Waals surface area contributed by atoms with Crippen LogP contribution >= 0.6 is 0 Å². The zero-order chi connectivity index (χ0) is 25.6. The molecular weight excluding hydrogens is 469 g/mol. The van der Waals surface area contributed by atoms with E-state index in [1.54, 1.807) is 30.5 Å². The Hall–Kier alpha value is -4.49. The minimum absolute atomic E-state index is 0.209. The number of nitrogens with zero attached hydrogens (tertiary/aromatic N) is 2. The molecule has 0 aliphatic heterocycles. The lowest BCUT2D eigenvalue weighted by molar-refractivity contribution is -0.139. The number of ether oxygens (including phenoxy) is 1. The Morgan fingerprint density at radius 2 is 1.81 bits per heavy atom. The molecule has 0 fully saturated rings. The molecule has 0 aliphatic rings. The number of fused-ring (bicyclic) bond motifs is 1. The summed E-state index contributed by atoms with van der Waals surface area (Å²) in [7, 11) is 0. The molecule has 0 bridgehead atoms. The second kappa shape index (κ2) is 11.1. The molecule has 0 aliphatic carbocycles. The maximum atomic E-state index is 13.9. The fourth-order valence-electron chi connectivity index (χ4n) is 4.19. The predicted octanol–water partition coefficient (Wildman–Crippen LogP) is 6.54. The third-order valence-electron chi connectivity index (χ3n) is 6.00. The standard InChI is InChI=1S/C30H26FN3O3/c1-2-36-28-17-23(14-15-27(28)22-10-7-13-26(31)16-22)30(35)34(37-20-21-8-4-3-5-9-21)19-25-12-6-11-24-18-32-33-29(24)25/h3-18H,2,19-20H2,1H3,(H,32,33). The Bertz CT molecular complexity index is 1520. The molecule has 0 atom stereocenters. The summed E-state index contributed by atoms with van der Waals surface area (Å²) in [6, 6.07) is 26.9. The predicted molar refractivity (Wildman–Crippen MR) is 140 cm³/mol. The quantitative estimate of drug-likeness (QED) is 0.236. The first-order valence-electron chi connectivity index (χ1n) is 12.0. The lowest BCUT2D eigenvalue weighted by atomic mass is 10.0. The van der Waals surface area contributed by atoms with Gasteiger partial charge in [-0.25, -0.2) is 9.45 Å². The number of carbonyl (C=O) groups is 1. The zero-order valence-corrected chi connectivity index (χ0v) is 20.4. The summed E-state index contributed by atoms with van der Waals surface area (Å²) in [5.74, 6) is -0.162. The first-order valence-corrected chi connectivity index (χ1v) is 12.0. The van der Waals surface area contributed by atoms with Crippen molar-refractivity contribution in [1.29, 1.82) is 0 Å². The number of aromatic nitrogens is 2. The van der Waals surface area contributed by atoms with Gasteiger partial charge >= 0.3 is 0 Å². The molecule has 7 heteroatoms. The molecule has 5 aromatic rings. The van der Waals surface area contributed by atoms with E-state index in [0.29, 0.717) is 29.0 Å². The van der Waals surface area contributed by atoms with E-state index in [1.807, 2.05) is 61.5 Å². The maximum Gasteiger partial charge on any atom is 0.277 e. The van der Waals surface area contributed by atoms with E-state index in [2.05, 4.69) is 10.2 Å². The van der Waals surface area contributed by atoms with E-state index in [-0.39, 0.29) is 24.9 Å². The van der Waals surface area contributed by atoms with E-state index in [4.69, 9.17) is 9.57 Å². The van der Waals surface area contributed by atoms with Crippen LogP contribution in [0.4, 0.5) is 4.39 Å². The lowest BCUT2D eigenvalue weighted by Crippen LogP contribution is -2.31. The number of aromatic amines is 1. The number of para-hydroxylation sites is 1. The highest BCUT2D eigenvalue weighted by atomic mass is 19.1. The van der Waals surface area contributed by atoms with Crippen LogP contribution in [0.5, 0.6) is 5.75 Å². The van der Waals surface area contributed by atoms with Crippen molar-refractivity contribution in [2.24, 2.45) is 0 Å². The number of hydrogen-bond donors (Lipinski definition) is 1. The van der Waals surface area contributed by atoms with Gasteiger partial charge in [-0.2, -0.15) is 5.10 Å². The number of H-pyrrole nitrogens is 1. The molecule has 186 valence electrons. The molecule has 0 saturated carbocycles. The van der Waals surface area contributed by atoms with Gasteiger partial charge in [0.1, 0.15) is 18.2 Å². The van der Waals surface area contributed by atoms with Crippen molar-refractivity contribution in [3.8, 4) is 16.9 Å². The van der Waals surface area contributed by atoms with Gasteiger partial charge in [0.05, 0.1) is 24.9 Å². The Labute approximate surface area is 214 Å². The first kappa shape index (κ1) is 24.2. The van der Waals surface area contributed by atoms with Crippen LogP contribution in [0.15, 0.2) is 97.2 Å². The summed E-state index contributed by atoms with van der Waals surface area (Å²) in [6.07, 6.45) is 1.75. The van der Waals surface area contributed by atoms with E-state index < -0.39 is 0 Å². The smallest absolute Gasteiger partial charge is 0.277 e. The van der Waals surface area contributed by atoms with Crippen molar-refractivity contribution in [1.82, 2.24) is 15.3 Å². The molecule has 37 heavy (non-hydrogen) atoms. The molecule has 0 spiro atoms. The van der Waals surface area contributed by atoms with E-state index >= 15 is 0 Å². The number of carbonyl (C=O) groups excluding carboxylic acids is 1. The van der Waals surface area contributed by atoms with Crippen molar-refractivity contribution in [2.75, 3.05) is 6.61 Å². The topological polar surface area (TPSA) is 67.5 Å². The molecule has 0 unspecified atom stereocenters. The molecule has 4 aromatic carbocycles. The van der Waals surface area contributed by atoms with Crippen LogP contribution in [-0.4, -0.2) is 27.8 Å². The van der Waals surface area contributed by atoms with Gasteiger partial charge in [-0.1, -0.05) is 60.7 Å². The summed E-state index contributed by atoms with van der Waals surface area (Å²) in [6.45, 7) is 2.70. The number of benzene rings is 4. The maximum absolute atomic E-state index is 13.9. The largest absolute Gasteiger partial charge is 0.493 e. The first-order chi connectivity index (χ1) is 18.1. The van der Waals surface area contributed by atoms with Crippen molar-refractivity contribution in [3.05, 3.63) is 120 Å². The average Bonchev–Trinajstić information content (AvgIpc) is 3.41. The zero-order valence-electron chi connectivity index (χ0n) is 20.4. The van der Waals surface area contributed by atoms with E-state index in [0.717, 1.165) is 22.0 Å². The summed E-state index contributed by atoms with van der Waals surface area (Å²) >= 11 is 0. The third-order valence-corrected chi connectivity index (χ3v) is 6.00. The highest BCUT2D eigenvalue weighted by Gasteiger charge is 2.21. The fraction of sp³-hybridized carbons (Fsp3) is 0.133. The van der Waals surface area contributed by atoms with Gasteiger partial charge in [0.2, 0.25) is 0 Å². The second-order valence-corrected chi connectivity index (χ2v) is 8.51. The Morgan fingerprint density at radius 1 is 0.973 bits per heavy atom. The third kappa shape index (κ3) is 5.52. The second-order valence-electron chi connectivity index (χ2n) is 8.51. The molecular formula is C30H26FN3O3. The van der Waals surface area contributed by atoms with Crippen LogP contribution < -0.4 is 4.74 Å². The van der Waals surface area contributed by atoms with E-state index in [1.165, 1.54) is 17.2 Å². The number of nitrogens with one attached hydrogen (secondary N) is 1. The normalized spacial score (nSPS) is 11.0. The summed E-state index contributed by atoms with van der Waals surface area (Å²) in [5, 5.41) is 9.44. The van der Waals surface area contributed by atoms with Gasteiger partial charge in [-0.05, 0) is 53.9 Å². The number of amides is 1. The number of hydroxylamine groups is 2. The van der Waals surface area contributed by atoms with Gasteiger partial charge in [0.15, 0.2) is 0 Å². The molecule has 0 saturated heterocycles. The van der Waals surface area contributed by atoms with E-state index in [9.17, 15) is 9.18 Å². The number of rotatable bonds is 9. The monoisotopic (exact) mass is 495 g/mol. The minimum Gasteiger partial charge on any atom is -0.493 e. The number of hydrogen-bond acceptors (Lipinski definition) is 4. The average molecular weight is 496 g/mol.